The number of fused-ring (bicyclic) bond motifs is 1. The van der Waals surface area contributed by atoms with Gasteiger partial charge in [-0.25, -0.2) is 0 Å². The van der Waals surface area contributed by atoms with Gasteiger partial charge in [-0.2, -0.15) is 0 Å². The van der Waals surface area contributed by atoms with Crippen molar-refractivity contribution in [2.24, 2.45) is 0 Å². The molecule has 0 amide bonds. The first-order valence-electron chi connectivity index (χ1n) is 9.66. The van der Waals surface area contributed by atoms with Crippen molar-refractivity contribution in [3.8, 4) is 0 Å². The van der Waals surface area contributed by atoms with E-state index >= 15 is 0 Å². The minimum atomic E-state index is 0.920. The number of hydrogen-bond donors (Lipinski definition) is 1. The van der Waals surface area contributed by atoms with Crippen LogP contribution in [0.3, 0.4) is 0 Å². The molecule has 0 radical (unpaired) electrons. The lowest BCUT2D eigenvalue weighted by atomic mass is 9.97. The van der Waals surface area contributed by atoms with Crippen LogP contribution in [0.1, 0.15) is 42.0 Å². The average Bonchev–Trinajstić information content (AvgIpc) is 2.95. The van der Waals surface area contributed by atoms with Gasteiger partial charge in [-0.05, 0) is 66.1 Å². The number of anilines is 2. The van der Waals surface area contributed by atoms with E-state index in [0.29, 0.717) is 0 Å². The topological polar surface area (TPSA) is 15.3 Å². The third-order valence-corrected chi connectivity index (χ3v) is 5.48. The fourth-order valence-corrected chi connectivity index (χ4v) is 3.43. The Labute approximate surface area is 163 Å². The highest BCUT2D eigenvalue weighted by molar-refractivity contribution is 5.70. The molecule has 0 atom stereocenters. The molecule has 0 saturated heterocycles. The number of likely N-dealkylation sites (N-methyl/N-ethyl adjacent to an activating group) is 1. The van der Waals surface area contributed by atoms with Crippen LogP contribution >= 0.6 is 0 Å². The highest BCUT2D eigenvalue weighted by Gasteiger charge is 2.19. The van der Waals surface area contributed by atoms with Gasteiger partial charge in [0.1, 0.15) is 0 Å². The monoisotopic (exact) mass is 358 g/mol. The van der Waals surface area contributed by atoms with Gasteiger partial charge >= 0.3 is 0 Å². The molecule has 2 aromatic carbocycles. The molecular formula is C25H30N2. The number of nitrogens with one attached hydrogen (secondary N) is 1. The van der Waals surface area contributed by atoms with E-state index in [1.54, 1.807) is 0 Å². The largest absolute Gasteiger partial charge is 0.359 e. The van der Waals surface area contributed by atoms with Crippen molar-refractivity contribution >= 4 is 16.9 Å². The third-order valence-electron chi connectivity index (χ3n) is 5.48. The lowest BCUT2D eigenvalue weighted by Crippen LogP contribution is -2.09. The van der Waals surface area contributed by atoms with Crippen LogP contribution < -0.4 is 10.2 Å². The van der Waals surface area contributed by atoms with Crippen LogP contribution in [-0.2, 0) is 12.8 Å². The summed E-state index contributed by atoms with van der Waals surface area (Å²) in [6.07, 6.45) is 3.82. The predicted molar refractivity (Wildman–Crippen MR) is 119 cm³/mol. The molecule has 2 aromatic rings. The van der Waals surface area contributed by atoms with E-state index in [2.05, 4.69) is 87.2 Å². The zero-order valence-electron chi connectivity index (χ0n) is 16.9. The first-order chi connectivity index (χ1) is 12.9. The van der Waals surface area contributed by atoms with Gasteiger partial charge in [0.2, 0.25) is 0 Å². The van der Waals surface area contributed by atoms with Crippen molar-refractivity contribution in [1.29, 1.82) is 0 Å². The summed E-state index contributed by atoms with van der Waals surface area (Å²) < 4.78 is 0. The van der Waals surface area contributed by atoms with Crippen LogP contribution in [0.15, 0.2) is 67.5 Å². The second-order valence-corrected chi connectivity index (χ2v) is 7.48. The number of benzene rings is 2. The SMILES string of the molecule is C=C(CC)Nc1cc(C(=C)CCc2ccc3c(c2)N(C)C(=C)C3)ccc1C. The predicted octanol–water partition coefficient (Wildman–Crippen LogP) is 6.48. The van der Waals surface area contributed by atoms with Crippen molar-refractivity contribution in [3.05, 3.63) is 89.8 Å². The second kappa shape index (κ2) is 7.87. The Morgan fingerprint density at radius 3 is 2.67 bits per heavy atom. The molecule has 1 aliphatic rings. The van der Waals surface area contributed by atoms with Crippen LogP contribution in [0.5, 0.6) is 0 Å². The minimum Gasteiger partial charge on any atom is -0.359 e. The molecule has 0 bridgehead atoms. The van der Waals surface area contributed by atoms with Gasteiger partial charge in [-0.15, -0.1) is 0 Å². The molecule has 0 saturated carbocycles. The van der Waals surface area contributed by atoms with Gasteiger partial charge in [-0.3, -0.25) is 0 Å². The minimum absolute atomic E-state index is 0.920. The molecule has 0 unspecified atom stereocenters. The van der Waals surface area contributed by atoms with Gasteiger partial charge in [0.05, 0.1) is 0 Å². The summed E-state index contributed by atoms with van der Waals surface area (Å²) in [5, 5.41) is 3.42. The summed E-state index contributed by atoms with van der Waals surface area (Å²) in [5.41, 5.74) is 10.9. The lowest BCUT2D eigenvalue weighted by molar-refractivity contribution is 1.02. The van der Waals surface area contributed by atoms with Gasteiger partial charge < -0.3 is 10.2 Å². The Bertz CT molecular complexity index is 905. The van der Waals surface area contributed by atoms with E-state index in [0.717, 1.165) is 37.1 Å². The van der Waals surface area contributed by atoms with Gasteiger partial charge in [-0.1, -0.05) is 50.9 Å². The van der Waals surface area contributed by atoms with Gasteiger partial charge in [0, 0.05) is 36.2 Å². The fraction of sp³-hybridized carbons (Fsp3) is 0.280. The smallest absolute Gasteiger partial charge is 0.0444 e. The van der Waals surface area contributed by atoms with Gasteiger partial charge in [0.15, 0.2) is 0 Å². The summed E-state index contributed by atoms with van der Waals surface area (Å²) in [6, 6.07) is 13.3. The third kappa shape index (κ3) is 4.16. The second-order valence-electron chi connectivity index (χ2n) is 7.48. The lowest BCUT2D eigenvalue weighted by Gasteiger charge is -2.15. The molecule has 0 aliphatic carbocycles. The molecule has 1 aliphatic heterocycles. The molecule has 0 spiro atoms. The summed E-state index contributed by atoms with van der Waals surface area (Å²) in [5.74, 6) is 0. The highest BCUT2D eigenvalue weighted by Crippen LogP contribution is 2.34. The fourth-order valence-electron chi connectivity index (χ4n) is 3.43. The van der Waals surface area contributed by atoms with E-state index in [-0.39, 0.29) is 0 Å². The standard InChI is InChI=1S/C25H30N2/c1-7-19(4)26-24-16-22(12-9-18(24)3)17(2)8-10-21-11-13-23-14-20(5)27(6)25(23)15-21/h9,11-13,15-16,26H,2,4-5,7-8,10,14H2,1,3,6H3. The number of nitrogens with zero attached hydrogens (tertiary/aromatic N) is 1. The van der Waals surface area contributed by atoms with Crippen LogP contribution in [0.4, 0.5) is 11.4 Å². The summed E-state index contributed by atoms with van der Waals surface area (Å²) >= 11 is 0. The van der Waals surface area contributed by atoms with E-state index in [1.165, 1.54) is 39.2 Å². The molecule has 3 rings (SSSR count). The van der Waals surface area contributed by atoms with Crippen LogP contribution in [0, 0.1) is 6.92 Å². The molecule has 0 fully saturated rings. The molecule has 0 aromatic heterocycles. The Morgan fingerprint density at radius 1 is 1.15 bits per heavy atom. The van der Waals surface area contributed by atoms with E-state index in [9.17, 15) is 0 Å². The van der Waals surface area contributed by atoms with Crippen LogP contribution in [-0.4, -0.2) is 7.05 Å². The van der Waals surface area contributed by atoms with Gasteiger partial charge in [0.25, 0.3) is 0 Å². The van der Waals surface area contributed by atoms with Crippen molar-refractivity contribution < 1.29 is 0 Å². The van der Waals surface area contributed by atoms with E-state index < -0.39 is 0 Å². The van der Waals surface area contributed by atoms with Crippen molar-refractivity contribution in [2.75, 3.05) is 17.3 Å². The van der Waals surface area contributed by atoms with Crippen molar-refractivity contribution in [2.45, 2.75) is 39.5 Å². The summed E-state index contributed by atoms with van der Waals surface area (Å²) in [6.45, 7) is 16.8. The molecule has 2 nitrogen and oxygen atoms in total. The Balaban J connectivity index is 1.69. The normalized spacial score (nSPS) is 12.9. The summed E-state index contributed by atoms with van der Waals surface area (Å²) in [7, 11) is 2.10. The Hall–Kier alpha value is -2.74. The van der Waals surface area contributed by atoms with Crippen LogP contribution in [0.25, 0.3) is 5.57 Å². The number of hydrogen-bond acceptors (Lipinski definition) is 2. The molecule has 2 heteroatoms. The number of rotatable bonds is 7. The quantitative estimate of drug-likeness (QED) is 0.609. The maximum absolute atomic E-state index is 4.33. The molecular weight excluding hydrogens is 328 g/mol. The molecule has 1 heterocycles. The first-order valence-corrected chi connectivity index (χ1v) is 9.66. The average molecular weight is 359 g/mol. The molecule has 140 valence electrons. The maximum Gasteiger partial charge on any atom is 0.0444 e. The number of aryl methyl sites for hydroxylation is 2. The Morgan fingerprint density at radius 2 is 1.93 bits per heavy atom. The molecule has 27 heavy (non-hydrogen) atoms. The van der Waals surface area contributed by atoms with E-state index in [4.69, 9.17) is 0 Å². The van der Waals surface area contributed by atoms with E-state index in [1.807, 2.05) is 0 Å². The van der Waals surface area contributed by atoms with Crippen molar-refractivity contribution in [1.82, 2.24) is 0 Å². The highest BCUT2D eigenvalue weighted by atomic mass is 15.1. The zero-order chi connectivity index (χ0) is 19.6. The first kappa shape index (κ1) is 19.0. The zero-order valence-corrected chi connectivity index (χ0v) is 16.9. The maximum atomic E-state index is 4.33. The van der Waals surface area contributed by atoms with Crippen molar-refractivity contribution in [3.63, 3.8) is 0 Å². The Kier molecular flexibility index (Phi) is 5.55. The summed E-state index contributed by atoms with van der Waals surface area (Å²) in [4.78, 5) is 2.20. The molecule has 1 N–H and O–H groups in total. The number of allylic oxidation sites excluding steroid dienone is 3. The van der Waals surface area contributed by atoms with Crippen LogP contribution in [0.2, 0.25) is 0 Å².